The molecule has 1 aromatic rings. The summed E-state index contributed by atoms with van der Waals surface area (Å²) in [5.41, 5.74) is 0.689. The van der Waals surface area contributed by atoms with Crippen LogP contribution in [-0.4, -0.2) is 25.2 Å². The normalized spacial score (nSPS) is 12.0. The molecule has 20 heavy (non-hydrogen) atoms. The number of hydrogen-bond donors (Lipinski definition) is 1. The first-order valence-electron chi connectivity index (χ1n) is 6.91. The lowest BCUT2D eigenvalue weighted by atomic mass is 10.2. The lowest BCUT2D eigenvalue weighted by Crippen LogP contribution is -2.27. The minimum absolute atomic E-state index is 0.108. The van der Waals surface area contributed by atoms with Crippen LogP contribution in [0.1, 0.15) is 32.8 Å². The van der Waals surface area contributed by atoms with Crippen LogP contribution in [0.5, 0.6) is 5.75 Å². The van der Waals surface area contributed by atoms with Gasteiger partial charge in [-0.2, -0.15) is 0 Å². The smallest absolute Gasteiger partial charge is 0.347 e. The highest BCUT2D eigenvalue weighted by Crippen LogP contribution is 2.24. The second-order valence-electron chi connectivity index (χ2n) is 4.42. The number of carbonyl (C=O) groups excluding carboxylic acids is 1. The van der Waals surface area contributed by atoms with Crippen molar-refractivity contribution in [1.29, 1.82) is 0 Å². The van der Waals surface area contributed by atoms with Gasteiger partial charge in [-0.25, -0.2) is 9.18 Å². The number of ether oxygens (including phenoxy) is 2. The standard InChI is InChI=1S/C15H22FNO3/c1-4-9-17-10-12-7-6-8-13(16)14(12)20-11(3)15(18)19-5-2/h6-8,11,17H,4-5,9-10H2,1-3H3. The predicted octanol–water partition coefficient (Wildman–Crippen LogP) is 2.66. The van der Waals surface area contributed by atoms with Crippen molar-refractivity contribution in [2.45, 2.75) is 39.8 Å². The van der Waals surface area contributed by atoms with Gasteiger partial charge in [0.25, 0.3) is 0 Å². The zero-order chi connectivity index (χ0) is 15.0. The van der Waals surface area contributed by atoms with Crippen LogP contribution < -0.4 is 10.1 Å². The SMILES string of the molecule is CCCNCc1cccc(F)c1OC(C)C(=O)OCC. The second kappa shape index (κ2) is 8.53. The van der Waals surface area contributed by atoms with Crippen LogP contribution in [0, 0.1) is 5.82 Å². The molecule has 0 heterocycles. The molecule has 1 unspecified atom stereocenters. The number of carbonyl (C=O) groups is 1. The molecule has 112 valence electrons. The van der Waals surface area contributed by atoms with E-state index in [1.54, 1.807) is 26.0 Å². The van der Waals surface area contributed by atoms with E-state index in [9.17, 15) is 9.18 Å². The predicted molar refractivity (Wildman–Crippen MR) is 75.1 cm³/mol. The maximum Gasteiger partial charge on any atom is 0.347 e. The summed E-state index contributed by atoms with van der Waals surface area (Å²) in [4.78, 5) is 11.5. The Morgan fingerprint density at radius 1 is 1.40 bits per heavy atom. The first-order valence-corrected chi connectivity index (χ1v) is 6.91. The molecule has 1 rings (SSSR count). The van der Waals surface area contributed by atoms with Crippen molar-refractivity contribution >= 4 is 5.97 Å². The maximum atomic E-state index is 13.9. The second-order valence-corrected chi connectivity index (χ2v) is 4.42. The summed E-state index contributed by atoms with van der Waals surface area (Å²) in [7, 11) is 0. The highest BCUT2D eigenvalue weighted by atomic mass is 19.1. The van der Waals surface area contributed by atoms with E-state index in [-0.39, 0.29) is 12.4 Å². The lowest BCUT2D eigenvalue weighted by molar-refractivity contribution is -0.150. The van der Waals surface area contributed by atoms with Crippen molar-refractivity contribution in [1.82, 2.24) is 5.32 Å². The molecule has 0 amide bonds. The van der Waals surface area contributed by atoms with Gasteiger partial charge in [0.2, 0.25) is 0 Å². The van der Waals surface area contributed by atoms with Crippen LogP contribution in [0.2, 0.25) is 0 Å². The summed E-state index contributed by atoms with van der Waals surface area (Å²) < 4.78 is 24.1. The van der Waals surface area contributed by atoms with E-state index in [1.165, 1.54) is 6.07 Å². The zero-order valence-electron chi connectivity index (χ0n) is 12.2. The Hall–Kier alpha value is -1.62. The number of hydrogen-bond acceptors (Lipinski definition) is 4. The topological polar surface area (TPSA) is 47.6 Å². The third-order valence-electron chi connectivity index (χ3n) is 2.70. The lowest BCUT2D eigenvalue weighted by Gasteiger charge is -2.17. The van der Waals surface area contributed by atoms with E-state index < -0.39 is 17.9 Å². The van der Waals surface area contributed by atoms with Gasteiger partial charge in [-0.3, -0.25) is 0 Å². The summed E-state index contributed by atoms with van der Waals surface area (Å²) in [5, 5.41) is 3.18. The van der Waals surface area contributed by atoms with E-state index in [0.717, 1.165) is 13.0 Å². The van der Waals surface area contributed by atoms with Crippen LogP contribution in [-0.2, 0) is 16.1 Å². The Morgan fingerprint density at radius 2 is 2.15 bits per heavy atom. The number of benzene rings is 1. The Morgan fingerprint density at radius 3 is 2.80 bits per heavy atom. The molecule has 1 aromatic carbocycles. The minimum atomic E-state index is -0.836. The van der Waals surface area contributed by atoms with E-state index >= 15 is 0 Å². The van der Waals surface area contributed by atoms with Crippen LogP contribution >= 0.6 is 0 Å². The van der Waals surface area contributed by atoms with Gasteiger partial charge in [0, 0.05) is 12.1 Å². The molecule has 0 radical (unpaired) electrons. The average Bonchev–Trinajstić information content (AvgIpc) is 2.42. The quantitative estimate of drug-likeness (QED) is 0.588. The van der Waals surface area contributed by atoms with Gasteiger partial charge >= 0.3 is 5.97 Å². The number of para-hydroxylation sites is 1. The molecule has 0 fully saturated rings. The summed E-state index contributed by atoms with van der Waals surface area (Å²) >= 11 is 0. The van der Waals surface area contributed by atoms with Gasteiger partial charge in [-0.05, 0) is 32.9 Å². The fraction of sp³-hybridized carbons (Fsp3) is 0.533. The van der Waals surface area contributed by atoms with Crippen LogP contribution in [0.3, 0.4) is 0 Å². The monoisotopic (exact) mass is 283 g/mol. The van der Waals surface area contributed by atoms with Crippen molar-refractivity contribution in [2.75, 3.05) is 13.2 Å². The Balaban J connectivity index is 2.78. The number of halogens is 1. The van der Waals surface area contributed by atoms with E-state index in [1.807, 2.05) is 0 Å². The molecule has 0 spiro atoms. The molecular formula is C15H22FNO3. The van der Waals surface area contributed by atoms with Crippen molar-refractivity contribution in [3.05, 3.63) is 29.6 Å². The molecule has 0 aliphatic rings. The van der Waals surface area contributed by atoms with E-state index in [4.69, 9.17) is 9.47 Å². The Kier molecular flexibility index (Phi) is 7.01. The minimum Gasteiger partial charge on any atom is -0.476 e. The molecule has 0 bridgehead atoms. The van der Waals surface area contributed by atoms with Gasteiger partial charge in [-0.1, -0.05) is 19.1 Å². The molecule has 0 saturated heterocycles. The molecule has 0 aliphatic heterocycles. The van der Waals surface area contributed by atoms with Crippen molar-refractivity contribution < 1.29 is 18.7 Å². The van der Waals surface area contributed by atoms with Crippen LogP contribution in [0.15, 0.2) is 18.2 Å². The molecule has 5 heteroatoms. The molecule has 0 aliphatic carbocycles. The molecule has 4 nitrogen and oxygen atoms in total. The van der Waals surface area contributed by atoms with Crippen molar-refractivity contribution in [3.8, 4) is 5.75 Å². The highest BCUT2D eigenvalue weighted by molar-refractivity contribution is 5.74. The Labute approximate surface area is 119 Å². The summed E-state index contributed by atoms with van der Waals surface area (Å²) in [6.45, 7) is 6.93. The molecule has 1 atom stereocenters. The fourth-order valence-corrected chi connectivity index (χ4v) is 1.71. The Bertz CT molecular complexity index is 437. The summed E-state index contributed by atoms with van der Waals surface area (Å²) in [6.07, 6.45) is 0.154. The van der Waals surface area contributed by atoms with Gasteiger partial charge in [0.05, 0.1) is 6.61 Å². The number of nitrogens with one attached hydrogen (secondary N) is 1. The van der Waals surface area contributed by atoms with E-state index in [2.05, 4.69) is 12.2 Å². The molecule has 0 saturated carbocycles. The largest absolute Gasteiger partial charge is 0.476 e. The molecular weight excluding hydrogens is 261 g/mol. The first kappa shape index (κ1) is 16.4. The highest BCUT2D eigenvalue weighted by Gasteiger charge is 2.19. The zero-order valence-corrected chi connectivity index (χ0v) is 12.2. The van der Waals surface area contributed by atoms with Crippen LogP contribution in [0.25, 0.3) is 0 Å². The third kappa shape index (κ3) is 4.81. The van der Waals surface area contributed by atoms with Gasteiger partial charge < -0.3 is 14.8 Å². The van der Waals surface area contributed by atoms with Gasteiger partial charge in [0.15, 0.2) is 17.7 Å². The maximum absolute atomic E-state index is 13.9. The first-order chi connectivity index (χ1) is 9.60. The average molecular weight is 283 g/mol. The van der Waals surface area contributed by atoms with Crippen molar-refractivity contribution in [3.63, 3.8) is 0 Å². The van der Waals surface area contributed by atoms with Gasteiger partial charge in [0.1, 0.15) is 0 Å². The summed E-state index contributed by atoms with van der Waals surface area (Å²) in [5.74, 6) is -0.864. The number of rotatable bonds is 8. The molecule has 1 N–H and O–H groups in total. The summed E-state index contributed by atoms with van der Waals surface area (Å²) in [6, 6.07) is 4.72. The number of esters is 1. The fourth-order valence-electron chi connectivity index (χ4n) is 1.71. The molecule has 0 aromatic heterocycles. The van der Waals surface area contributed by atoms with Gasteiger partial charge in [-0.15, -0.1) is 0 Å². The van der Waals surface area contributed by atoms with Crippen LogP contribution in [0.4, 0.5) is 4.39 Å². The van der Waals surface area contributed by atoms with Crippen molar-refractivity contribution in [2.24, 2.45) is 0 Å². The third-order valence-corrected chi connectivity index (χ3v) is 2.70. The van der Waals surface area contributed by atoms with E-state index in [0.29, 0.717) is 12.1 Å².